The van der Waals surface area contributed by atoms with E-state index in [-0.39, 0.29) is 11.8 Å². The van der Waals surface area contributed by atoms with Gasteiger partial charge in [-0.3, -0.25) is 19.4 Å². The number of piperazine rings is 1. The fourth-order valence-corrected chi connectivity index (χ4v) is 3.83. The summed E-state index contributed by atoms with van der Waals surface area (Å²) in [6.07, 6.45) is 0. The molecule has 0 saturated carbocycles. The number of anilines is 1. The van der Waals surface area contributed by atoms with Crippen molar-refractivity contribution in [2.24, 2.45) is 5.92 Å². The van der Waals surface area contributed by atoms with Crippen molar-refractivity contribution in [2.45, 2.75) is 26.8 Å². The highest BCUT2D eigenvalue weighted by Gasteiger charge is 2.36. The number of likely N-dealkylation sites (tertiary alicyclic amines) is 1. The molecule has 3 rings (SSSR count). The molecule has 25 heavy (non-hydrogen) atoms. The predicted molar refractivity (Wildman–Crippen MR) is 93.1 cm³/mol. The maximum absolute atomic E-state index is 12.2. The van der Waals surface area contributed by atoms with Gasteiger partial charge in [-0.15, -0.1) is 0 Å². The van der Waals surface area contributed by atoms with Crippen LogP contribution in [0.5, 0.6) is 0 Å². The Morgan fingerprint density at radius 2 is 2.00 bits per heavy atom. The molecular weight excluding hydrogens is 322 g/mol. The minimum Gasteiger partial charge on any atom is -0.360 e. The zero-order chi connectivity index (χ0) is 18.0. The number of aromatic nitrogens is 1. The number of rotatable bonds is 4. The molecule has 2 atom stereocenters. The fourth-order valence-electron chi connectivity index (χ4n) is 3.83. The fraction of sp³-hybridized carbons (Fsp3) is 0.706. The standard InChI is InChI=1S/C17H27N5O3/c1-12-9-20(11-17(24)18-16-8-13(2)25-19-16)10-15(12)22-6-4-21(5-7-22)14(3)23/h8,12,15H,4-7,9-11H2,1-3H3,(H,18,19,24)/t12-,15-/m1/s1. The average Bonchev–Trinajstić information content (AvgIpc) is 3.13. The van der Waals surface area contributed by atoms with E-state index in [4.69, 9.17) is 4.52 Å². The lowest BCUT2D eigenvalue weighted by Crippen LogP contribution is -2.53. The topological polar surface area (TPSA) is 81.9 Å². The van der Waals surface area contributed by atoms with E-state index in [1.165, 1.54) is 0 Å². The van der Waals surface area contributed by atoms with Gasteiger partial charge in [0.15, 0.2) is 5.82 Å². The van der Waals surface area contributed by atoms with Crippen molar-refractivity contribution in [2.75, 3.05) is 51.1 Å². The van der Waals surface area contributed by atoms with Crippen molar-refractivity contribution in [3.8, 4) is 0 Å². The first-order valence-corrected chi connectivity index (χ1v) is 8.87. The molecule has 8 heteroatoms. The summed E-state index contributed by atoms with van der Waals surface area (Å²) < 4.78 is 4.96. The molecule has 2 aliphatic rings. The Bertz CT molecular complexity index is 624. The van der Waals surface area contributed by atoms with Crippen LogP contribution >= 0.6 is 0 Å². The summed E-state index contributed by atoms with van der Waals surface area (Å²) in [5, 5.41) is 6.56. The van der Waals surface area contributed by atoms with Crippen LogP contribution < -0.4 is 5.32 Å². The van der Waals surface area contributed by atoms with Crippen LogP contribution in [0, 0.1) is 12.8 Å². The summed E-state index contributed by atoms with van der Waals surface area (Å²) in [6, 6.07) is 2.15. The molecule has 8 nitrogen and oxygen atoms in total. The zero-order valence-corrected chi connectivity index (χ0v) is 15.2. The summed E-state index contributed by atoms with van der Waals surface area (Å²) in [5.41, 5.74) is 0. The lowest BCUT2D eigenvalue weighted by molar-refractivity contribution is -0.131. The molecule has 1 aromatic heterocycles. The van der Waals surface area contributed by atoms with E-state index in [1.54, 1.807) is 19.9 Å². The minimum absolute atomic E-state index is 0.0671. The van der Waals surface area contributed by atoms with Gasteiger partial charge in [0.2, 0.25) is 11.8 Å². The first-order valence-electron chi connectivity index (χ1n) is 8.87. The summed E-state index contributed by atoms with van der Waals surface area (Å²) in [4.78, 5) is 30.2. The first-order chi connectivity index (χ1) is 11.9. The second-order valence-corrected chi connectivity index (χ2v) is 7.15. The number of nitrogens with zero attached hydrogens (tertiary/aromatic N) is 4. The second-order valence-electron chi connectivity index (χ2n) is 7.15. The summed E-state index contributed by atoms with van der Waals surface area (Å²) in [6.45, 7) is 11.2. The Morgan fingerprint density at radius 3 is 2.60 bits per heavy atom. The molecule has 1 N–H and O–H groups in total. The largest absolute Gasteiger partial charge is 0.360 e. The van der Waals surface area contributed by atoms with Crippen molar-refractivity contribution >= 4 is 17.6 Å². The monoisotopic (exact) mass is 349 g/mol. The van der Waals surface area contributed by atoms with Gasteiger partial charge < -0.3 is 14.7 Å². The van der Waals surface area contributed by atoms with Crippen LogP contribution in [0.3, 0.4) is 0 Å². The van der Waals surface area contributed by atoms with Crippen LogP contribution in [0.4, 0.5) is 5.82 Å². The van der Waals surface area contributed by atoms with Gasteiger partial charge in [-0.2, -0.15) is 0 Å². The summed E-state index contributed by atoms with van der Waals surface area (Å²) in [7, 11) is 0. The van der Waals surface area contributed by atoms with Crippen LogP contribution in [0.25, 0.3) is 0 Å². The van der Waals surface area contributed by atoms with Crippen LogP contribution in [0.15, 0.2) is 10.6 Å². The number of carbonyl (C=O) groups excluding carboxylic acids is 2. The Hall–Kier alpha value is -1.93. The lowest BCUT2D eigenvalue weighted by Gasteiger charge is -2.39. The zero-order valence-electron chi connectivity index (χ0n) is 15.2. The normalized spacial score (nSPS) is 25.3. The number of carbonyl (C=O) groups is 2. The van der Waals surface area contributed by atoms with Gasteiger partial charge in [0, 0.05) is 58.3 Å². The molecule has 0 aromatic carbocycles. The summed E-state index contributed by atoms with van der Waals surface area (Å²) in [5.74, 6) is 1.73. The van der Waals surface area contributed by atoms with E-state index < -0.39 is 0 Å². The van der Waals surface area contributed by atoms with Gasteiger partial charge in [0.25, 0.3) is 0 Å². The molecule has 138 valence electrons. The molecule has 2 amide bonds. The first kappa shape index (κ1) is 17.9. The molecule has 2 fully saturated rings. The van der Waals surface area contributed by atoms with Crippen molar-refractivity contribution in [1.82, 2.24) is 19.9 Å². The molecule has 0 bridgehead atoms. The van der Waals surface area contributed by atoms with E-state index in [0.717, 1.165) is 39.3 Å². The highest BCUT2D eigenvalue weighted by molar-refractivity contribution is 5.91. The van der Waals surface area contributed by atoms with Gasteiger partial charge in [0.05, 0.1) is 6.54 Å². The third-order valence-electron chi connectivity index (χ3n) is 5.14. The van der Waals surface area contributed by atoms with Crippen LogP contribution in [0.1, 0.15) is 19.6 Å². The van der Waals surface area contributed by atoms with E-state index in [9.17, 15) is 9.59 Å². The van der Waals surface area contributed by atoms with Gasteiger partial charge in [-0.1, -0.05) is 12.1 Å². The molecule has 0 radical (unpaired) electrons. The molecule has 0 unspecified atom stereocenters. The second kappa shape index (κ2) is 7.53. The van der Waals surface area contributed by atoms with Crippen molar-refractivity contribution in [1.29, 1.82) is 0 Å². The third kappa shape index (κ3) is 4.38. The molecular formula is C17H27N5O3. The molecule has 0 aliphatic carbocycles. The quantitative estimate of drug-likeness (QED) is 0.848. The number of hydrogen-bond acceptors (Lipinski definition) is 6. The number of nitrogens with one attached hydrogen (secondary N) is 1. The number of amides is 2. The third-order valence-corrected chi connectivity index (χ3v) is 5.14. The Morgan fingerprint density at radius 1 is 1.28 bits per heavy atom. The summed E-state index contributed by atoms with van der Waals surface area (Å²) >= 11 is 0. The Kier molecular flexibility index (Phi) is 5.39. The van der Waals surface area contributed by atoms with E-state index in [2.05, 4.69) is 27.2 Å². The van der Waals surface area contributed by atoms with Crippen molar-refractivity contribution in [3.63, 3.8) is 0 Å². The van der Waals surface area contributed by atoms with Crippen LogP contribution in [-0.4, -0.2) is 83.5 Å². The average molecular weight is 349 g/mol. The molecule has 3 heterocycles. The van der Waals surface area contributed by atoms with E-state index >= 15 is 0 Å². The number of aryl methyl sites for hydroxylation is 1. The predicted octanol–water partition coefficient (Wildman–Crippen LogP) is 0.406. The smallest absolute Gasteiger partial charge is 0.239 e. The molecule has 0 spiro atoms. The van der Waals surface area contributed by atoms with Gasteiger partial charge in [-0.05, 0) is 12.8 Å². The van der Waals surface area contributed by atoms with Crippen LogP contribution in [0.2, 0.25) is 0 Å². The van der Waals surface area contributed by atoms with Crippen molar-refractivity contribution < 1.29 is 14.1 Å². The van der Waals surface area contributed by atoms with E-state index in [0.29, 0.717) is 30.1 Å². The van der Waals surface area contributed by atoms with Gasteiger partial charge in [0.1, 0.15) is 5.76 Å². The minimum atomic E-state index is -0.0671. The highest BCUT2D eigenvalue weighted by atomic mass is 16.5. The molecule has 1 aromatic rings. The van der Waals surface area contributed by atoms with Gasteiger partial charge in [-0.25, -0.2) is 0 Å². The lowest BCUT2D eigenvalue weighted by atomic mass is 10.0. The maximum atomic E-state index is 12.2. The molecule has 2 aliphatic heterocycles. The highest BCUT2D eigenvalue weighted by Crippen LogP contribution is 2.23. The van der Waals surface area contributed by atoms with Gasteiger partial charge >= 0.3 is 0 Å². The number of hydrogen-bond donors (Lipinski definition) is 1. The Balaban J connectivity index is 1.48. The maximum Gasteiger partial charge on any atom is 0.239 e. The van der Waals surface area contributed by atoms with E-state index in [1.807, 2.05) is 4.90 Å². The van der Waals surface area contributed by atoms with Crippen LogP contribution in [-0.2, 0) is 9.59 Å². The van der Waals surface area contributed by atoms with Crippen molar-refractivity contribution in [3.05, 3.63) is 11.8 Å². The molecule has 2 saturated heterocycles. The SMILES string of the molecule is CC(=O)N1CCN([C@@H]2CN(CC(=O)Nc3cc(C)on3)C[C@H]2C)CC1. The Labute approximate surface area is 148 Å².